The molecule has 3 amide bonds. The Kier molecular flexibility index (Phi) is 9.51. The Morgan fingerprint density at radius 1 is 1.17 bits per heavy atom. The molecule has 7 nitrogen and oxygen atoms in total. The summed E-state index contributed by atoms with van der Waals surface area (Å²) in [5.74, 6) is -1.77. The van der Waals surface area contributed by atoms with Gasteiger partial charge in [-0.25, -0.2) is 0 Å². The lowest BCUT2D eigenvalue weighted by molar-refractivity contribution is -0.149. The highest BCUT2D eigenvalue weighted by atomic mass is 79.9. The molecule has 9 heteroatoms. The van der Waals surface area contributed by atoms with Crippen LogP contribution in [0.15, 0.2) is 55.6 Å². The summed E-state index contributed by atoms with van der Waals surface area (Å²) in [5.41, 5.74) is 0.489. The summed E-state index contributed by atoms with van der Waals surface area (Å²) < 4.78 is -0.785. The summed E-state index contributed by atoms with van der Waals surface area (Å²) in [5, 5.41) is 10.4. The Morgan fingerprint density at radius 3 is 2.34 bits per heavy atom. The van der Waals surface area contributed by atoms with Gasteiger partial charge in [0.1, 0.15) is 6.04 Å². The highest BCUT2D eigenvalue weighted by Crippen LogP contribution is 2.68. The van der Waals surface area contributed by atoms with Crippen LogP contribution in [0.2, 0.25) is 0 Å². The summed E-state index contributed by atoms with van der Waals surface area (Å²) in [6, 6.07) is 8.47. The second-order valence-electron chi connectivity index (χ2n) is 12.8. The smallest absolute Gasteiger partial charge is 0.247 e. The van der Waals surface area contributed by atoms with Gasteiger partial charge in [0.05, 0.1) is 29.2 Å². The number of likely N-dealkylation sites (tertiary alicyclic amines) is 1. The summed E-state index contributed by atoms with van der Waals surface area (Å²) in [7, 11) is 0. The van der Waals surface area contributed by atoms with Crippen LogP contribution in [0.4, 0.5) is 0 Å². The third-order valence-electron chi connectivity index (χ3n) is 8.82. The second-order valence-corrected chi connectivity index (χ2v) is 15.5. The van der Waals surface area contributed by atoms with E-state index < -0.39 is 34.2 Å². The third-order valence-corrected chi connectivity index (χ3v) is 12.0. The maximum absolute atomic E-state index is 14.6. The van der Waals surface area contributed by atoms with Crippen molar-refractivity contribution in [3.05, 3.63) is 61.2 Å². The van der Waals surface area contributed by atoms with Crippen LogP contribution < -0.4 is 0 Å². The zero-order valence-electron chi connectivity index (χ0n) is 24.8. The van der Waals surface area contributed by atoms with Crippen LogP contribution in [0.25, 0.3) is 0 Å². The van der Waals surface area contributed by atoms with Gasteiger partial charge in [0.2, 0.25) is 17.7 Å². The number of hydrogen-bond donors (Lipinski definition) is 1. The van der Waals surface area contributed by atoms with Crippen molar-refractivity contribution >= 4 is 45.4 Å². The number of fused-ring (bicyclic) bond motifs is 1. The van der Waals surface area contributed by atoms with Gasteiger partial charge in [-0.15, -0.1) is 24.9 Å². The molecule has 3 saturated heterocycles. The molecule has 1 N–H and O–H groups in total. The van der Waals surface area contributed by atoms with Crippen molar-refractivity contribution in [3.8, 4) is 0 Å². The average Bonchev–Trinajstić information content (AvgIpc) is 3.50. The second kappa shape index (κ2) is 12.3. The number of aliphatic hydroxyl groups excluding tert-OH is 1. The van der Waals surface area contributed by atoms with Crippen molar-refractivity contribution in [3.63, 3.8) is 0 Å². The number of halogens is 1. The summed E-state index contributed by atoms with van der Waals surface area (Å²) in [4.78, 5) is 48.8. The van der Waals surface area contributed by atoms with Gasteiger partial charge in [-0.1, -0.05) is 72.3 Å². The minimum atomic E-state index is -0.798. The molecule has 0 aromatic heterocycles. The Morgan fingerprint density at radius 2 is 1.80 bits per heavy atom. The number of benzene rings is 1. The molecule has 0 saturated carbocycles. The number of carbonyl (C=O) groups excluding carboxylic acids is 3. The Balaban J connectivity index is 1.82. The van der Waals surface area contributed by atoms with E-state index in [-0.39, 0.29) is 40.3 Å². The molecule has 1 aromatic rings. The lowest BCUT2D eigenvalue weighted by Gasteiger charge is -2.44. The topological polar surface area (TPSA) is 81.2 Å². The molecule has 1 spiro atoms. The molecule has 2 bridgehead atoms. The number of hydrogen-bond acceptors (Lipinski definition) is 5. The molecule has 41 heavy (non-hydrogen) atoms. The SMILES string of the molecule is C=CCN(Cc1ccccc1)C(=O)[C@H]1[C@@H]2SC3(CC2Br)C(C(=O)N(CC=C)C(C)(C)C)N([C@@H](CO)C(C)C)C(=O)[C@H]13. The zero-order valence-corrected chi connectivity index (χ0v) is 27.2. The predicted molar refractivity (Wildman–Crippen MR) is 168 cm³/mol. The highest BCUT2D eigenvalue weighted by Gasteiger charge is 2.76. The lowest BCUT2D eigenvalue weighted by Crippen LogP contribution is -2.61. The molecule has 7 atom stereocenters. The number of amides is 3. The predicted octanol–water partition coefficient (Wildman–Crippen LogP) is 4.50. The van der Waals surface area contributed by atoms with Gasteiger partial charge >= 0.3 is 0 Å². The normalized spacial score (nSPS) is 29.4. The first-order valence-electron chi connectivity index (χ1n) is 14.4. The van der Waals surface area contributed by atoms with Gasteiger partial charge in [-0.2, -0.15) is 0 Å². The van der Waals surface area contributed by atoms with Gasteiger partial charge in [0, 0.05) is 35.3 Å². The largest absolute Gasteiger partial charge is 0.394 e. The fraction of sp³-hybridized carbons (Fsp3) is 0.594. The van der Waals surface area contributed by atoms with Crippen LogP contribution in [0, 0.1) is 17.8 Å². The van der Waals surface area contributed by atoms with Gasteiger partial charge in [0.25, 0.3) is 0 Å². The van der Waals surface area contributed by atoms with Gasteiger partial charge in [-0.3, -0.25) is 14.4 Å². The van der Waals surface area contributed by atoms with Crippen LogP contribution >= 0.6 is 27.7 Å². The zero-order chi connectivity index (χ0) is 30.3. The minimum Gasteiger partial charge on any atom is -0.394 e. The van der Waals surface area contributed by atoms with E-state index in [9.17, 15) is 19.5 Å². The van der Waals surface area contributed by atoms with Crippen molar-refractivity contribution in [2.75, 3.05) is 19.7 Å². The van der Waals surface area contributed by atoms with Crippen LogP contribution in [0.1, 0.15) is 46.6 Å². The number of thioether (sulfide) groups is 1. The van der Waals surface area contributed by atoms with Crippen molar-refractivity contribution in [1.82, 2.24) is 14.7 Å². The van der Waals surface area contributed by atoms with Gasteiger partial charge in [-0.05, 0) is 38.7 Å². The fourth-order valence-corrected chi connectivity index (χ4v) is 10.6. The van der Waals surface area contributed by atoms with Crippen LogP contribution in [0.3, 0.4) is 0 Å². The standard InChI is InChI=1S/C32H44BrN3O4S/c1-8-15-34(18-21-13-11-10-12-14-21)28(38)24-25-29(39)36(23(19-37)20(3)4)27(32(25)17-22(33)26(24)41-32)30(40)35(16-9-2)31(5,6)7/h8-14,20,22-27,37H,1-2,15-19H2,3-7H3/t22?,23-,24+,25-,26+,27?,32?/m0/s1. The summed E-state index contributed by atoms with van der Waals surface area (Å²) in [6.45, 7) is 18.5. The molecule has 1 aromatic carbocycles. The van der Waals surface area contributed by atoms with E-state index in [0.29, 0.717) is 26.1 Å². The van der Waals surface area contributed by atoms with Gasteiger partial charge in [0.15, 0.2) is 0 Å². The first kappa shape index (κ1) is 31.8. The molecule has 3 aliphatic rings. The van der Waals surface area contributed by atoms with Crippen LogP contribution in [0.5, 0.6) is 0 Å². The minimum absolute atomic E-state index is 0.0304. The molecule has 3 heterocycles. The molecule has 3 aliphatic heterocycles. The van der Waals surface area contributed by atoms with Crippen molar-refractivity contribution in [1.29, 1.82) is 0 Å². The molecular weight excluding hydrogens is 602 g/mol. The van der Waals surface area contributed by atoms with E-state index in [0.717, 1.165) is 5.56 Å². The first-order chi connectivity index (χ1) is 19.3. The number of rotatable bonds is 11. The van der Waals surface area contributed by atoms with E-state index in [2.05, 4.69) is 29.1 Å². The Bertz CT molecular complexity index is 1170. The van der Waals surface area contributed by atoms with Crippen LogP contribution in [-0.4, -0.2) is 89.7 Å². The van der Waals surface area contributed by atoms with E-state index in [1.807, 2.05) is 65.0 Å². The maximum Gasteiger partial charge on any atom is 0.247 e. The summed E-state index contributed by atoms with van der Waals surface area (Å²) >= 11 is 5.49. The molecular formula is C32H44BrN3O4S. The molecule has 4 rings (SSSR count). The number of aliphatic hydroxyl groups is 1. The van der Waals surface area contributed by atoms with Gasteiger partial charge < -0.3 is 19.8 Å². The first-order valence-corrected chi connectivity index (χ1v) is 16.2. The highest BCUT2D eigenvalue weighted by molar-refractivity contribution is 9.09. The molecule has 224 valence electrons. The maximum atomic E-state index is 14.6. The third kappa shape index (κ3) is 5.54. The van der Waals surface area contributed by atoms with Crippen molar-refractivity contribution < 1.29 is 19.5 Å². The monoisotopic (exact) mass is 645 g/mol. The number of nitrogens with zero attached hydrogens (tertiary/aromatic N) is 3. The number of alkyl halides is 1. The Labute approximate surface area is 257 Å². The van der Waals surface area contributed by atoms with E-state index in [4.69, 9.17) is 0 Å². The van der Waals surface area contributed by atoms with Crippen molar-refractivity contribution in [2.24, 2.45) is 17.8 Å². The van der Waals surface area contributed by atoms with E-state index >= 15 is 0 Å². The number of carbonyl (C=O) groups is 3. The lowest BCUT2D eigenvalue weighted by atomic mass is 9.70. The summed E-state index contributed by atoms with van der Waals surface area (Å²) in [6.07, 6.45) is 4.02. The molecule has 0 radical (unpaired) electrons. The van der Waals surface area contributed by atoms with E-state index in [1.165, 1.54) is 0 Å². The Hall–Kier alpha value is -2.10. The molecule has 3 unspecified atom stereocenters. The molecule has 0 aliphatic carbocycles. The van der Waals surface area contributed by atoms with Crippen molar-refractivity contribution in [2.45, 2.75) is 80.0 Å². The van der Waals surface area contributed by atoms with Crippen LogP contribution in [-0.2, 0) is 20.9 Å². The quantitative estimate of drug-likeness (QED) is 0.283. The fourth-order valence-electron chi connectivity index (χ4n) is 6.98. The average molecular weight is 647 g/mol. The van der Waals surface area contributed by atoms with E-state index in [1.54, 1.807) is 38.6 Å². The molecule has 3 fully saturated rings.